The van der Waals surface area contributed by atoms with Gasteiger partial charge in [-0.3, -0.25) is 4.98 Å². The van der Waals surface area contributed by atoms with Crippen LogP contribution in [0.1, 0.15) is 39.6 Å². The Bertz CT molecular complexity index is 1100. The molecule has 0 radical (unpaired) electrons. The first-order valence-corrected chi connectivity index (χ1v) is 10.6. The number of aryl methyl sites for hydroxylation is 1. The number of rotatable bonds is 8. The van der Waals surface area contributed by atoms with E-state index in [-0.39, 0.29) is 42.2 Å². The maximum atomic E-state index is 11.4. The fourth-order valence-corrected chi connectivity index (χ4v) is 3.99. The Kier molecular flexibility index (Phi) is 10.1. The number of fused-ring (bicyclic) bond motifs is 1. The Hall–Kier alpha value is -2.84. The number of aromatic carboxylic acids is 1. The van der Waals surface area contributed by atoms with Crippen LogP contribution in [0.3, 0.4) is 0 Å². The van der Waals surface area contributed by atoms with E-state index in [4.69, 9.17) is 9.47 Å². The number of carboxylic acids is 1. The standard InChI is InChI=1S/C25H26N2O5.2ClH/c1-31-24-9-8-21(13-22(24)25(29)30)32-20-7-5-16-4-6-19(11-18(16)12-20)27-15-23(28)17-3-2-10-26-14-17;;/h2-3,5,7-10,12-14,19,23,27-28H,4,6,11,15H2,1H3,(H,29,30);2*1H/t19-,23-;;/m0../s1. The highest BCUT2D eigenvalue weighted by atomic mass is 35.5. The molecule has 1 aliphatic carbocycles. The van der Waals surface area contributed by atoms with Crippen molar-refractivity contribution < 1.29 is 24.5 Å². The number of aliphatic hydroxyl groups excluding tert-OH is 1. The van der Waals surface area contributed by atoms with Crippen molar-refractivity contribution >= 4 is 30.8 Å². The van der Waals surface area contributed by atoms with E-state index < -0.39 is 12.1 Å². The average molecular weight is 507 g/mol. The van der Waals surface area contributed by atoms with Crippen LogP contribution in [0, 0.1) is 0 Å². The molecule has 182 valence electrons. The van der Waals surface area contributed by atoms with Gasteiger partial charge in [-0.25, -0.2) is 4.79 Å². The topological polar surface area (TPSA) is 101 Å². The van der Waals surface area contributed by atoms with Crippen LogP contribution in [-0.2, 0) is 12.8 Å². The van der Waals surface area contributed by atoms with Gasteiger partial charge < -0.3 is 25.0 Å². The number of halogens is 2. The molecule has 3 N–H and O–H groups in total. The Morgan fingerprint density at radius 1 is 1.15 bits per heavy atom. The summed E-state index contributed by atoms with van der Waals surface area (Å²) >= 11 is 0. The van der Waals surface area contributed by atoms with Crippen LogP contribution >= 0.6 is 24.8 Å². The number of nitrogens with zero attached hydrogens (tertiary/aromatic N) is 1. The molecule has 0 unspecified atom stereocenters. The van der Waals surface area contributed by atoms with Gasteiger partial charge in [0, 0.05) is 30.5 Å². The Morgan fingerprint density at radius 3 is 2.62 bits per heavy atom. The minimum absolute atomic E-state index is 0. The van der Waals surface area contributed by atoms with Crippen LogP contribution in [0.25, 0.3) is 0 Å². The molecule has 9 heteroatoms. The highest BCUT2D eigenvalue weighted by molar-refractivity contribution is 5.91. The molecule has 3 aromatic rings. The number of carboxylic acid groups (broad SMARTS) is 1. The first kappa shape index (κ1) is 27.4. The van der Waals surface area contributed by atoms with Crippen molar-refractivity contribution in [1.29, 1.82) is 0 Å². The summed E-state index contributed by atoms with van der Waals surface area (Å²) in [5.74, 6) is 0.312. The molecule has 0 saturated heterocycles. The molecule has 1 heterocycles. The second kappa shape index (κ2) is 12.6. The molecule has 0 aliphatic heterocycles. The fourth-order valence-electron chi connectivity index (χ4n) is 3.99. The Morgan fingerprint density at radius 2 is 1.91 bits per heavy atom. The lowest BCUT2D eigenvalue weighted by molar-refractivity contribution is 0.0693. The monoisotopic (exact) mass is 506 g/mol. The van der Waals surface area contributed by atoms with E-state index in [9.17, 15) is 15.0 Å². The molecule has 0 amide bonds. The van der Waals surface area contributed by atoms with Crippen LogP contribution < -0.4 is 14.8 Å². The lowest BCUT2D eigenvalue weighted by Crippen LogP contribution is -2.37. The molecule has 0 fully saturated rings. The zero-order valence-electron chi connectivity index (χ0n) is 18.6. The summed E-state index contributed by atoms with van der Waals surface area (Å²) in [6.07, 6.45) is 5.54. The summed E-state index contributed by atoms with van der Waals surface area (Å²) in [5, 5.41) is 23.2. The molecular weight excluding hydrogens is 479 g/mol. The van der Waals surface area contributed by atoms with Gasteiger partial charge in [0.05, 0.1) is 13.2 Å². The first-order valence-electron chi connectivity index (χ1n) is 10.6. The maximum absolute atomic E-state index is 11.4. The number of nitrogens with one attached hydrogen (secondary N) is 1. The van der Waals surface area contributed by atoms with Crippen molar-refractivity contribution in [3.8, 4) is 17.2 Å². The van der Waals surface area contributed by atoms with Crippen molar-refractivity contribution in [2.45, 2.75) is 31.4 Å². The van der Waals surface area contributed by atoms with Gasteiger partial charge in [0.25, 0.3) is 0 Å². The number of aliphatic hydroxyl groups is 1. The van der Waals surface area contributed by atoms with Gasteiger partial charge >= 0.3 is 5.97 Å². The first-order chi connectivity index (χ1) is 15.5. The number of hydrogen-bond donors (Lipinski definition) is 3. The fraction of sp³-hybridized carbons (Fsp3) is 0.280. The summed E-state index contributed by atoms with van der Waals surface area (Å²) < 4.78 is 11.0. The number of hydrogen-bond acceptors (Lipinski definition) is 6. The minimum atomic E-state index is -1.07. The van der Waals surface area contributed by atoms with Crippen molar-refractivity contribution in [2.75, 3.05) is 13.7 Å². The van der Waals surface area contributed by atoms with E-state index in [1.54, 1.807) is 24.5 Å². The van der Waals surface area contributed by atoms with Gasteiger partial charge in [0.2, 0.25) is 0 Å². The van der Waals surface area contributed by atoms with Crippen LogP contribution in [-0.4, -0.2) is 40.9 Å². The van der Waals surface area contributed by atoms with Gasteiger partial charge in [-0.15, -0.1) is 24.8 Å². The summed E-state index contributed by atoms with van der Waals surface area (Å²) in [5.41, 5.74) is 3.32. The van der Waals surface area contributed by atoms with Crippen molar-refractivity contribution in [1.82, 2.24) is 10.3 Å². The number of ether oxygens (including phenoxy) is 2. The predicted octanol–water partition coefficient (Wildman–Crippen LogP) is 4.60. The third-order valence-corrected chi connectivity index (χ3v) is 5.71. The molecule has 1 aliphatic rings. The van der Waals surface area contributed by atoms with E-state index in [1.165, 1.54) is 24.3 Å². The van der Waals surface area contributed by atoms with Crippen molar-refractivity contribution in [2.24, 2.45) is 0 Å². The zero-order valence-corrected chi connectivity index (χ0v) is 20.3. The SMILES string of the molecule is COc1ccc(Oc2ccc3c(c2)C[C@@H](NC[C@H](O)c2cccnc2)CC3)cc1C(=O)O.Cl.Cl. The van der Waals surface area contributed by atoms with E-state index in [1.807, 2.05) is 24.3 Å². The molecule has 0 bridgehead atoms. The summed E-state index contributed by atoms with van der Waals surface area (Å²) in [6.45, 7) is 0.464. The molecule has 7 nitrogen and oxygen atoms in total. The summed E-state index contributed by atoms with van der Waals surface area (Å²) in [7, 11) is 1.44. The third-order valence-electron chi connectivity index (χ3n) is 5.71. The van der Waals surface area contributed by atoms with Crippen LogP contribution in [0.15, 0.2) is 60.9 Å². The van der Waals surface area contributed by atoms with Gasteiger partial charge in [-0.1, -0.05) is 12.1 Å². The van der Waals surface area contributed by atoms with E-state index >= 15 is 0 Å². The van der Waals surface area contributed by atoms with E-state index in [2.05, 4.69) is 16.4 Å². The molecule has 1 aromatic heterocycles. The number of carbonyl (C=O) groups is 1. The normalized spacial score (nSPS) is 15.2. The van der Waals surface area contributed by atoms with Crippen molar-refractivity contribution in [3.63, 3.8) is 0 Å². The number of pyridine rings is 1. The number of methoxy groups -OCH3 is 1. The Balaban J connectivity index is 0.00000204. The highest BCUT2D eigenvalue weighted by Gasteiger charge is 2.20. The molecule has 0 spiro atoms. The van der Waals surface area contributed by atoms with E-state index in [0.717, 1.165) is 24.8 Å². The smallest absolute Gasteiger partial charge is 0.339 e. The molecule has 4 rings (SSSR count). The number of aromatic nitrogens is 1. The van der Waals surface area contributed by atoms with Gasteiger partial charge in [-0.2, -0.15) is 0 Å². The number of benzene rings is 2. The predicted molar refractivity (Wildman–Crippen MR) is 134 cm³/mol. The quantitative estimate of drug-likeness (QED) is 0.410. The summed E-state index contributed by atoms with van der Waals surface area (Å²) in [6, 6.07) is 14.7. The van der Waals surface area contributed by atoms with Crippen LogP contribution in [0.5, 0.6) is 17.2 Å². The zero-order chi connectivity index (χ0) is 22.5. The van der Waals surface area contributed by atoms with Crippen molar-refractivity contribution in [3.05, 3.63) is 83.2 Å². The summed E-state index contributed by atoms with van der Waals surface area (Å²) in [4.78, 5) is 15.5. The van der Waals surface area contributed by atoms with E-state index in [0.29, 0.717) is 18.0 Å². The van der Waals surface area contributed by atoms with Gasteiger partial charge in [0.1, 0.15) is 22.8 Å². The van der Waals surface area contributed by atoms with Crippen LogP contribution in [0.4, 0.5) is 0 Å². The van der Waals surface area contributed by atoms with Gasteiger partial charge in [0.15, 0.2) is 0 Å². The molecule has 0 saturated carbocycles. The Labute approximate surface area is 211 Å². The second-order valence-electron chi connectivity index (χ2n) is 7.85. The maximum Gasteiger partial charge on any atom is 0.339 e. The second-order valence-corrected chi connectivity index (χ2v) is 7.85. The molecule has 2 atom stereocenters. The highest BCUT2D eigenvalue weighted by Crippen LogP contribution is 2.31. The average Bonchev–Trinajstić information content (AvgIpc) is 2.82. The van der Waals surface area contributed by atoms with Gasteiger partial charge in [-0.05, 0) is 66.8 Å². The lowest BCUT2D eigenvalue weighted by Gasteiger charge is -2.27. The molecule has 2 aromatic carbocycles. The molecular formula is C25H28Cl2N2O5. The largest absolute Gasteiger partial charge is 0.496 e. The minimum Gasteiger partial charge on any atom is -0.496 e. The third kappa shape index (κ3) is 6.61. The molecule has 34 heavy (non-hydrogen) atoms. The lowest BCUT2D eigenvalue weighted by atomic mass is 9.88. The van der Waals surface area contributed by atoms with Crippen LogP contribution in [0.2, 0.25) is 0 Å².